The van der Waals surface area contributed by atoms with Crippen LogP contribution >= 0.6 is 0 Å². The summed E-state index contributed by atoms with van der Waals surface area (Å²) in [6.07, 6.45) is 8.01. The molecule has 1 heteroatoms. The molecule has 110 valence electrons. The minimum atomic E-state index is 1.02. The molecule has 0 bridgehead atoms. The maximum atomic E-state index is 7.51. The lowest BCUT2D eigenvalue weighted by Gasteiger charge is -1.85. The summed E-state index contributed by atoms with van der Waals surface area (Å²) in [6, 6.07) is 11.7. The van der Waals surface area contributed by atoms with Gasteiger partial charge in [0.1, 0.15) is 0 Å². The quantitative estimate of drug-likeness (QED) is 0.482. The van der Waals surface area contributed by atoms with E-state index in [0.29, 0.717) is 0 Å². The van der Waals surface area contributed by atoms with Gasteiger partial charge in [0.05, 0.1) is 6.07 Å². The van der Waals surface area contributed by atoms with Crippen LogP contribution < -0.4 is 0 Å². The van der Waals surface area contributed by atoms with E-state index in [9.17, 15) is 0 Å². The van der Waals surface area contributed by atoms with Crippen molar-refractivity contribution in [3.8, 4) is 6.07 Å². The van der Waals surface area contributed by atoms with Crippen molar-refractivity contribution in [2.24, 2.45) is 0 Å². The summed E-state index contributed by atoms with van der Waals surface area (Å²) >= 11 is 0. The number of nitriles is 1. The molecule has 0 N–H and O–H groups in total. The highest BCUT2D eigenvalue weighted by atomic mass is 14.2. The molecule has 0 spiro atoms. The fourth-order valence-corrected chi connectivity index (χ4v) is 0.589. The predicted octanol–water partition coefficient (Wildman–Crippen LogP) is 6.13. The van der Waals surface area contributed by atoms with Crippen molar-refractivity contribution in [2.45, 2.75) is 6.92 Å². The highest BCUT2D eigenvalue weighted by Gasteiger charge is 1.75. The van der Waals surface area contributed by atoms with Crippen molar-refractivity contribution in [3.05, 3.63) is 105 Å². The van der Waals surface area contributed by atoms with Crippen LogP contribution in [0.1, 0.15) is 12.5 Å². The van der Waals surface area contributed by atoms with Crippen molar-refractivity contribution in [1.29, 1.82) is 5.26 Å². The molecule has 0 atom stereocenters. The number of hydrogen-bond donors (Lipinski definition) is 0. The third kappa shape index (κ3) is 31.7. The molecule has 0 aliphatic rings. The molecule has 21 heavy (non-hydrogen) atoms. The van der Waals surface area contributed by atoms with E-state index < -0.39 is 0 Å². The molecule has 0 saturated heterocycles. The lowest BCUT2D eigenvalue weighted by molar-refractivity contribution is 1.54. The molecule has 0 heterocycles. The Balaban J connectivity index is -0.000000219. The van der Waals surface area contributed by atoms with Crippen LogP contribution in [0.3, 0.4) is 0 Å². The van der Waals surface area contributed by atoms with E-state index in [1.54, 1.807) is 24.3 Å². The van der Waals surface area contributed by atoms with Gasteiger partial charge in [-0.25, -0.2) is 0 Å². The Morgan fingerprint density at radius 2 is 1.38 bits per heavy atom. The van der Waals surface area contributed by atoms with Crippen LogP contribution in [0.4, 0.5) is 0 Å². The first-order valence-electron chi connectivity index (χ1n) is 6.23. The molecule has 1 aromatic carbocycles. The zero-order valence-corrected chi connectivity index (χ0v) is 13.0. The van der Waals surface area contributed by atoms with Crippen molar-refractivity contribution < 1.29 is 0 Å². The normalized spacial score (nSPS) is 6.48. The van der Waals surface area contributed by atoms with Crippen LogP contribution in [0.25, 0.3) is 6.08 Å². The number of hydrogen-bond acceptors (Lipinski definition) is 1. The Labute approximate surface area is 130 Å². The lowest BCUT2D eigenvalue weighted by atomic mass is 10.2. The van der Waals surface area contributed by atoms with E-state index in [1.807, 2.05) is 43.3 Å². The molecule has 1 aromatic rings. The summed E-state index contributed by atoms with van der Waals surface area (Å²) in [5, 5.41) is 7.51. The molecular formula is C20H25N. The fourth-order valence-electron chi connectivity index (χ4n) is 0.589. The molecule has 1 rings (SSSR count). The van der Waals surface area contributed by atoms with Crippen LogP contribution in [-0.2, 0) is 0 Å². The second-order valence-corrected chi connectivity index (χ2v) is 3.47. The van der Waals surface area contributed by atoms with Gasteiger partial charge in [-0.15, -0.1) is 0 Å². The van der Waals surface area contributed by atoms with Crippen molar-refractivity contribution >= 4 is 6.08 Å². The van der Waals surface area contributed by atoms with E-state index in [2.05, 4.69) is 39.5 Å². The summed E-state index contributed by atoms with van der Waals surface area (Å²) in [7, 11) is 0. The Morgan fingerprint density at radius 1 is 1.00 bits per heavy atom. The standard InChI is InChI=1S/C8H8.C5H8.C4H6.C3H3N/c1-2-8-6-4-3-5-7-8;1-4-5(2)3;1-3-4-2;1-2-3-4/h2-7H,1H2;4H,1-2H2,3H3;3-4H,1-2H2;2H,1H2. The van der Waals surface area contributed by atoms with Crippen LogP contribution in [0.2, 0.25) is 0 Å². The van der Waals surface area contributed by atoms with E-state index in [4.69, 9.17) is 5.26 Å². The molecule has 0 aliphatic carbocycles. The highest BCUT2D eigenvalue weighted by Crippen LogP contribution is 1.97. The largest absolute Gasteiger partial charge is 0.193 e. The molecule has 0 unspecified atom stereocenters. The number of allylic oxidation sites excluding steroid dienone is 5. The van der Waals surface area contributed by atoms with E-state index in [-0.39, 0.29) is 0 Å². The average molecular weight is 279 g/mol. The Hall–Kier alpha value is -2.85. The van der Waals surface area contributed by atoms with Gasteiger partial charge in [-0.05, 0) is 12.5 Å². The topological polar surface area (TPSA) is 23.8 Å². The van der Waals surface area contributed by atoms with E-state index >= 15 is 0 Å². The zero-order chi connectivity index (χ0) is 16.9. The van der Waals surface area contributed by atoms with Gasteiger partial charge >= 0.3 is 0 Å². The fraction of sp³-hybridized carbons (Fsp3) is 0.0500. The van der Waals surface area contributed by atoms with Crippen molar-refractivity contribution in [2.75, 3.05) is 0 Å². The third-order valence-corrected chi connectivity index (χ3v) is 1.64. The van der Waals surface area contributed by atoms with Crippen molar-refractivity contribution in [1.82, 2.24) is 0 Å². The molecule has 0 fully saturated rings. The molecule has 0 saturated carbocycles. The van der Waals surface area contributed by atoms with Gasteiger partial charge in [0.25, 0.3) is 0 Å². The maximum absolute atomic E-state index is 7.51. The van der Waals surface area contributed by atoms with E-state index in [1.165, 1.54) is 11.6 Å². The molecule has 1 nitrogen and oxygen atoms in total. The summed E-state index contributed by atoms with van der Waals surface area (Å²) in [5.41, 5.74) is 2.19. The van der Waals surface area contributed by atoms with Gasteiger partial charge in [0, 0.05) is 6.08 Å². The third-order valence-electron chi connectivity index (χ3n) is 1.64. The van der Waals surface area contributed by atoms with Gasteiger partial charge in [-0.2, -0.15) is 5.26 Å². The Bertz CT molecular complexity index is 452. The second-order valence-electron chi connectivity index (χ2n) is 3.47. The van der Waals surface area contributed by atoms with Crippen LogP contribution in [0.5, 0.6) is 0 Å². The lowest BCUT2D eigenvalue weighted by Crippen LogP contribution is -1.63. The first kappa shape index (κ1) is 23.3. The maximum Gasteiger partial charge on any atom is 0.0905 e. The summed E-state index contributed by atoms with van der Waals surface area (Å²) in [5.74, 6) is 0. The first-order valence-corrected chi connectivity index (χ1v) is 6.23. The SMILES string of the molecule is C=CC#N.C=CC(=C)C.C=CC=C.C=Cc1ccccc1. The first-order chi connectivity index (χ1) is 10.0. The Morgan fingerprint density at radius 3 is 1.52 bits per heavy atom. The van der Waals surface area contributed by atoms with E-state index in [0.717, 1.165) is 5.57 Å². The minimum Gasteiger partial charge on any atom is -0.193 e. The predicted molar refractivity (Wildman–Crippen MR) is 97.7 cm³/mol. The Kier molecular flexibility index (Phi) is 24.7. The molecule has 0 amide bonds. The highest BCUT2D eigenvalue weighted by molar-refractivity contribution is 5.45. The molecule has 0 aromatic heterocycles. The van der Waals surface area contributed by atoms with Gasteiger partial charge in [-0.1, -0.05) is 99.7 Å². The number of rotatable bonds is 3. The average Bonchev–Trinajstić information content (AvgIpc) is 2.56. The summed E-state index contributed by atoms with van der Waals surface area (Å²) in [6.45, 7) is 22.4. The minimum absolute atomic E-state index is 1.02. The second kappa shape index (κ2) is 22.3. The number of nitrogens with zero attached hydrogens (tertiary/aromatic N) is 1. The van der Waals surface area contributed by atoms with Gasteiger partial charge in [-0.3, -0.25) is 0 Å². The van der Waals surface area contributed by atoms with Gasteiger partial charge in [0.2, 0.25) is 0 Å². The summed E-state index contributed by atoms with van der Waals surface area (Å²) < 4.78 is 0. The van der Waals surface area contributed by atoms with Crippen LogP contribution in [0.15, 0.2) is 99.7 Å². The van der Waals surface area contributed by atoms with Gasteiger partial charge < -0.3 is 0 Å². The monoisotopic (exact) mass is 279 g/mol. The van der Waals surface area contributed by atoms with Crippen molar-refractivity contribution in [3.63, 3.8) is 0 Å². The number of benzene rings is 1. The molecular weight excluding hydrogens is 254 g/mol. The molecule has 0 aliphatic heterocycles. The van der Waals surface area contributed by atoms with Gasteiger partial charge in [0.15, 0.2) is 0 Å². The molecule has 0 radical (unpaired) electrons. The smallest absolute Gasteiger partial charge is 0.0905 e. The zero-order valence-electron chi connectivity index (χ0n) is 13.0. The van der Waals surface area contributed by atoms with Crippen LogP contribution in [-0.4, -0.2) is 0 Å². The van der Waals surface area contributed by atoms with Crippen LogP contribution in [0, 0.1) is 11.3 Å². The summed E-state index contributed by atoms with van der Waals surface area (Å²) in [4.78, 5) is 0.